The maximum absolute atomic E-state index is 14.0. The van der Waals surface area contributed by atoms with Crippen molar-refractivity contribution in [1.82, 2.24) is 5.32 Å². The molecule has 4 aromatic rings. The number of aryl methyl sites for hydroxylation is 1. The Bertz CT molecular complexity index is 1460. The number of sulfonamides is 1. The third-order valence-electron chi connectivity index (χ3n) is 6.18. The minimum Gasteiger partial charge on any atom is -0.345 e. The highest BCUT2D eigenvalue weighted by atomic mass is 35.5. The largest absolute Gasteiger partial charge is 0.345 e. The summed E-state index contributed by atoms with van der Waals surface area (Å²) in [6, 6.07) is 30.0. The second-order valence-corrected chi connectivity index (χ2v) is 11.1. The minimum absolute atomic E-state index is 0.0353. The molecule has 5 nitrogen and oxygen atoms in total. The average molecular weight is 533 g/mol. The predicted molar refractivity (Wildman–Crippen MR) is 149 cm³/mol. The fourth-order valence-electron chi connectivity index (χ4n) is 4.12. The van der Waals surface area contributed by atoms with Crippen molar-refractivity contribution in [3.8, 4) is 0 Å². The lowest BCUT2D eigenvalue weighted by atomic mass is 10.0. The van der Waals surface area contributed by atoms with Gasteiger partial charge in [-0.3, -0.25) is 9.10 Å². The molecule has 0 unspecified atom stereocenters. The molecule has 0 aliphatic carbocycles. The van der Waals surface area contributed by atoms with Gasteiger partial charge in [-0.05, 0) is 60.9 Å². The zero-order valence-electron chi connectivity index (χ0n) is 20.8. The number of carbonyl (C=O) groups excluding carboxylic acids is 1. The molecule has 37 heavy (non-hydrogen) atoms. The zero-order chi connectivity index (χ0) is 26.4. The normalized spacial score (nSPS) is 12.1. The number of nitrogens with one attached hydrogen (secondary N) is 1. The van der Waals surface area contributed by atoms with Gasteiger partial charge in [-0.25, -0.2) is 8.42 Å². The van der Waals surface area contributed by atoms with Crippen LogP contribution in [0.4, 0.5) is 5.69 Å². The van der Waals surface area contributed by atoms with Gasteiger partial charge in [0.05, 0.1) is 28.7 Å². The van der Waals surface area contributed by atoms with Gasteiger partial charge in [-0.2, -0.15) is 0 Å². The molecule has 0 aliphatic rings. The second kappa shape index (κ2) is 11.6. The Morgan fingerprint density at radius 3 is 2.14 bits per heavy atom. The number of nitrogens with zero attached hydrogens (tertiary/aromatic N) is 1. The van der Waals surface area contributed by atoms with Crippen molar-refractivity contribution in [2.45, 2.75) is 37.8 Å². The molecule has 4 rings (SSSR count). The number of halogens is 1. The molecule has 0 heterocycles. The Kier molecular flexibility index (Phi) is 8.31. The summed E-state index contributed by atoms with van der Waals surface area (Å²) >= 11 is 6.06. The van der Waals surface area contributed by atoms with Crippen molar-refractivity contribution in [2.24, 2.45) is 0 Å². The van der Waals surface area contributed by atoms with Crippen LogP contribution in [-0.2, 0) is 16.6 Å². The molecule has 1 N–H and O–H groups in total. The molecule has 0 fully saturated rings. The molecule has 4 aromatic carbocycles. The Morgan fingerprint density at radius 2 is 1.49 bits per heavy atom. The van der Waals surface area contributed by atoms with E-state index in [0.717, 1.165) is 16.7 Å². The van der Waals surface area contributed by atoms with Crippen molar-refractivity contribution >= 4 is 33.2 Å². The van der Waals surface area contributed by atoms with Crippen molar-refractivity contribution in [3.05, 3.63) is 130 Å². The fraction of sp³-hybridized carbons (Fsp3) is 0.167. The van der Waals surface area contributed by atoms with E-state index in [9.17, 15) is 13.2 Å². The Hall–Kier alpha value is -3.61. The number of benzene rings is 4. The average Bonchev–Trinajstić information content (AvgIpc) is 2.92. The van der Waals surface area contributed by atoms with E-state index in [1.165, 1.54) is 4.31 Å². The smallest absolute Gasteiger partial charge is 0.264 e. The van der Waals surface area contributed by atoms with Gasteiger partial charge in [0.25, 0.3) is 15.9 Å². The highest BCUT2D eigenvalue weighted by Gasteiger charge is 2.29. The monoisotopic (exact) mass is 532 g/mol. The second-order valence-electron chi connectivity index (χ2n) is 8.81. The summed E-state index contributed by atoms with van der Waals surface area (Å²) in [4.78, 5) is 13.7. The molecule has 190 valence electrons. The quantitative estimate of drug-likeness (QED) is 0.254. The molecule has 0 aromatic heterocycles. The summed E-state index contributed by atoms with van der Waals surface area (Å²) in [5.41, 5.74) is 3.27. The Labute approximate surface area is 223 Å². The number of amides is 1. The van der Waals surface area contributed by atoms with E-state index in [1.807, 2.05) is 44.2 Å². The van der Waals surface area contributed by atoms with Crippen LogP contribution in [-0.4, -0.2) is 14.3 Å². The van der Waals surface area contributed by atoms with Gasteiger partial charge in [0.15, 0.2) is 0 Å². The number of carbonyl (C=O) groups is 1. The van der Waals surface area contributed by atoms with E-state index in [2.05, 4.69) is 5.32 Å². The Morgan fingerprint density at radius 1 is 0.865 bits per heavy atom. The summed E-state index contributed by atoms with van der Waals surface area (Å²) in [5.74, 6) is -0.341. The summed E-state index contributed by atoms with van der Waals surface area (Å²) in [5, 5.41) is 3.65. The van der Waals surface area contributed by atoms with Crippen LogP contribution in [0.3, 0.4) is 0 Å². The van der Waals surface area contributed by atoms with Crippen LogP contribution in [0.2, 0.25) is 5.02 Å². The molecule has 0 saturated heterocycles. The first-order chi connectivity index (χ1) is 17.8. The fourth-order valence-corrected chi connectivity index (χ4v) is 5.72. The zero-order valence-corrected chi connectivity index (χ0v) is 22.3. The van der Waals surface area contributed by atoms with Gasteiger partial charge in [-0.15, -0.1) is 0 Å². The Balaban J connectivity index is 1.76. The van der Waals surface area contributed by atoms with Crippen LogP contribution in [0.5, 0.6) is 0 Å². The summed E-state index contributed by atoms with van der Waals surface area (Å²) in [7, 11) is -4.00. The lowest BCUT2D eigenvalue weighted by molar-refractivity contribution is 0.0936. The lowest BCUT2D eigenvalue weighted by Gasteiger charge is -2.27. The van der Waals surface area contributed by atoms with E-state index in [1.54, 1.807) is 72.8 Å². The van der Waals surface area contributed by atoms with Gasteiger partial charge >= 0.3 is 0 Å². The van der Waals surface area contributed by atoms with Crippen LogP contribution in [0, 0.1) is 6.92 Å². The standard InChI is InChI=1S/C30H29ClN2O3S/c1-3-28(24-9-5-4-6-10-24)32-30(34)27-11-7-8-12-29(27)33(21-23-15-17-25(31)18-16-23)37(35,36)26-19-13-22(2)14-20-26/h4-20,28H,3,21H2,1-2H3,(H,32,34)/t28-/m0/s1. The maximum Gasteiger partial charge on any atom is 0.264 e. The van der Waals surface area contributed by atoms with Gasteiger partial charge in [0.2, 0.25) is 0 Å². The number of hydrogen-bond donors (Lipinski definition) is 1. The molecule has 0 spiro atoms. The van der Waals surface area contributed by atoms with Crippen LogP contribution < -0.4 is 9.62 Å². The van der Waals surface area contributed by atoms with Crippen molar-refractivity contribution in [1.29, 1.82) is 0 Å². The molecule has 0 saturated carbocycles. The molecule has 1 amide bonds. The van der Waals surface area contributed by atoms with E-state index >= 15 is 0 Å². The lowest BCUT2D eigenvalue weighted by Crippen LogP contribution is -2.34. The first kappa shape index (κ1) is 26.5. The van der Waals surface area contributed by atoms with Crippen LogP contribution in [0.25, 0.3) is 0 Å². The summed E-state index contributed by atoms with van der Waals surface area (Å²) in [6.45, 7) is 3.94. The van der Waals surface area contributed by atoms with Gasteiger partial charge in [0.1, 0.15) is 0 Å². The van der Waals surface area contributed by atoms with Crippen LogP contribution >= 0.6 is 11.6 Å². The molecule has 0 aliphatic heterocycles. The first-order valence-corrected chi connectivity index (χ1v) is 13.9. The van der Waals surface area contributed by atoms with Crippen molar-refractivity contribution in [3.63, 3.8) is 0 Å². The van der Waals surface area contributed by atoms with E-state index in [4.69, 9.17) is 11.6 Å². The third-order valence-corrected chi connectivity index (χ3v) is 8.21. The van der Waals surface area contributed by atoms with Gasteiger partial charge < -0.3 is 5.32 Å². The SMILES string of the molecule is CC[C@H](NC(=O)c1ccccc1N(Cc1ccc(Cl)cc1)S(=O)(=O)c1ccc(C)cc1)c1ccccc1. The van der Waals surface area contributed by atoms with E-state index < -0.39 is 10.0 Å². The molecule has 7 heteroatoms. The molecular weight excluding hydrogens is 504 g/mol. The van der Waals surface area contributed by atoms with Crippen molar-refractivity contribution < 1.29 is 13.2 Å². The van der Waals surface area contributed by atoms with Crippen LogP contribution in [0.1, 0.15) is 46.4 Å². The number of para-hydroxylation sites is 1. The number of hydrogen-bond acceptors (Lipinski definition) is 3. The summed E-state index contributed by atoms with van der Waals surface area (Å²) in [6.07, 6.45) is 0.689. The molecule has 0 bridgehead atoms. The van der Waals surface area contributed by atoms with E-state index in [0.29, 0.717) is 17.1 Å². The highest BCUT2D eigenvalue weighted by molar-refractivity contribution is 7.92. The topological polar surface area (TPSA) is 66.5 Å². The van der Waals surface area contributed by atoms with Crippen molar-refractivity contribution in [2.75, 3.05) is 4.31 Å². The van der Waals surface area contributed by atoms with Gasteiger partial charge in [-0.1, -0.05) is 90.8 Å². The number of anilines is 1. The molecular formula is C30H29ClN2O3S. The highest BCUT2D eigenvalue weighted by Crippen LogP contribution is 2.30. The van der Waals surface area contributed by atoms with Gasteiger partial charge in [0, 0.05) is 5.02 Å². The minimum atomic E-state index is -4.00. The third kappa shape index (κ3) is 6.21. The number of rotatable bonds is 9. The molecule has 1 atom stereocenters. The van der Waals surface area contributed by atoms with Crippen LogP contribution in [0.15, 0.2) is 108 Å². The maximum atomic E-state index is 14.0. The predicted octanol–water partition coefficient (Wildman–Crippen LogP) is 6.93. The molecule has 0 radical (unpaired) electrons. The first-order valence-electron chi connectivity index (χ1n) is 12.1. The van der Waals surface area contributed by atoms with E-state index in [-0.39, 0.29) is 29.0 Å². The summed E-state index contributed by atoms with van der Waals surface area (Å²) < 4.78 is 29.2.